The summed E-state index contributed by atoms with van der Waals surface area (Å²) >= 11 is 3.61. The number of anilines is 1. The van der Waals surface area contributed by atoms with Crippen LogP contribution in [0.5, 0.6) is 5.75 Å². The first-order chi connectivity index (χ1) is 18.8. The Bertz CT molecular complexity index is 1580. The number of nitrogens with two attached hydrogens (primary N) is 1. The minimum Gasteiger partial charge on any atom is -0.508 e. The zero-order valence-corrected chi connectivity index (χ0v) is 25.0. The molecule has 0 spiro atoms. The van der Waals surface area contributed by atoms with E-state index in [1.807, 2.05) is 37.2 Å². The van der Waals surface area contributed by atoms with Crippen LogP contribution in [0.2, 0.25) is 0 Å². The molecule has 2 aromatic rings. The number of carbonyl (C=O) groups excluding carboxylic acids is 3. The lowest BCUT2D eigenvalue weighted by Gasteiger charge is -2.49. The number of phenolic OH excluding ortho intramolecular Hbond substituents is 1. The highest BCUT2D eigenvalue weighted by atomic mass is 127. The van der Waals surface area contributed by atoms with E-state index in [9.17, 15) is 34.6 Å². The molecule has 5 rings (SSSR count). The molecule has 3 aliphatic rings. The van der Waals surface area contributed by atoms with E-state index in [2.05, 4.69) is 27.8 Å². The van der Waals surface area contributed by atoms with Crippen LogP contribution in [0.4, 0.5) is 5.69 Å². The van der Waals surface area contributed by atoms with Gasteiger partial charge in [-0.3, -0.25) is 19.3 Å². The van der Waals surface area contributed by atoms with Crippen molar-refractivity contribution in [2.45, 2.75) is 24.4 Å². The average Bonchev–Trinajstić information content (AvgIpc) is 3.29. The molecule has 40 heavy (non-hydrogen) atoms. The summed E-state index contributed by atoms with van der Waals surface area (Å²) in [4.78, 5) is 56.4. The molecule has 1 aromatic heterocycles. The molecule has 13 heteroatoms. The first-order valence-electron chi connectivity index (χ1n) is 12.4. The monoisotopic (exact) mass is 678 g/mol. The third-order valence-corrected chi connectivity index (χ3v) is 10.1. The SMILES string of the molecule is CN(C)c1cc(-c2ccc(I)s2)c(O)c2c1CC1C[C@H]3[C@H](N(C)C)C(=O)C(C(N)=O)=C(O)[C@@]3(N=O)C(=O)C1=C2O. The number of halogens is 1. The first-order valence-corrected chi connectivity index (χ1v) is 14.3. The molecule has 11 nitrogen and oxygen atoms in total. The number of carbonyl (C=O) groups is 3. The highest BCUT2D eigenvalue weighted by Gasteiger charge is 2.66. The van der Waals surface area contributed by atoms with E-state index in [-0.39, 0.29) is 29.7 Å². The van der Waals surface area contributed by atoms with Crippen molar-refractivity contribution in [2.75, 3.05) is 33.1 Å². The molecule has 210 valence electrons. The number of hydrogen-bond acceptors (Lipinski definition) is 11. The van der Waals surface area contributed by atoms with Crippen molar-refractivity contribution in [2.24, 2.45) is 22.7 Å². The molecule has 1 aromatic carbocycles. The van der Waals surface area contributed by atoms with Gasteiger partial charge in [0.25, 0.3) is 5.91 Å². The van der Waals surface area contributed by atoms with E-state index in [4.69, 9.17) is 5.73 Å². The van der Waals surface area contributed by atoms with E-state index in [1.165, 1.54) is 16.2 Å². The Morgan fingerprint density at radius 1 is 1.18 bits per heavy atom. The standard InChI is InChI=1S/C27H27IN4O7S/c1-31(2)14-9-12(15-5-6-16(28)40-15)21(33)18-11(14)7-10-8-13-20(32(3)4)23(35)19(26(29)38)25(37)27(13,30-39)24(36)17(10)22(18)34/h5-6,9-10,13,20,33-34,37H,7-8H2,1-4H3,(H2,29,38)/t10?,13-,20-,27-/m0/s1. The molecule has 1 fully saturated rings. The minimum atomic E-state index is -2.55. The summed E-state index contributed by atoms with van der Waals surface area (Å²) in [7, 11) is 6.76. The van der Waals surface area contributed by atoms with Crippen LogP contribution >= 0.6 is 33.9 Å². The van der Waals surface area contributed by atoms with Crippen molar-refractivity contribution in [3.05, 3.63) is 54.0 Å². The highest BCUT2D eigenvalue weighted by molar-refractivity contribution is 14.1. The number of nitroso groups, excluding NO2 is 1. The fraction of sp³-hybridized carbons (Fsp3) is 0.370. The maximum absolute atomic E-state index is 14.2. The third-order valence-electron chi connectivity index (χ3n) is 8.16. The average molecular weight is 679 g/mol. The van der Waals surface area contributed by atoms with Crippen LogP contribution in [0, 0.1) is 19.6 Å². The number of hydrogen-bond donors (Lipinski definition) is 4. The van der Waals surface area contributed by atoms with E-state index in [0.717, 1.165) is 13.4 Å². The Morgan fingerprint density at radius 2 is 1.85 bits per heavy atom. The number of nitrogens with zero attached hydrogens (tertiary/aromatic N) is 3. The Balaban J connectivity index is 1.81. The van der Waals surface area contributed by atoms with Gasteiger partial charge in [-0.2, -0.15) is 0 Å². The normalized spacial score (nSPS) is 26.0. The van der Waals surface area contributed by atoms with Gasteiger partial charge in [-0.1, -0.05) is 0 Å². The van der Waals surface area contributed by atoms with Crippen molar-refractivity contribution in [1.82, 2.24) is 4.90 Å². The Labute approximate surface area is 247 Å². The molecule has 1 unspecified atom stereocenters. The van der Waals surface area contributed by atoms with Crippen LogP contribution in [0.25, 0.3) is 16.2 Å². The topological polar surface area (TPSA) is 174 Å². The van der Waals surface area contributed by atoms with Gasteiger partial charge in [0.15, 0.2) is 5.78 Å². The smallest absolute Gasteiger partial charge is 0.255 e. The lowest BCUT2D eigenvalue weighted by molar-refractivity contribution is -0.134. The van der Waals surface area contributed by atoms with Crippen molar-refractivity contribution in [1.29, 1.82) is 0 Å². The number of fused-ring (bicyclic) bond motifs is 3. The first kappa shape index (κ1) is 28.2. The molecule has 5 N–H and O–H groups in total. The molecular formula is C27H27IN4O7S. The highest BCUT2D eigenvalue weighted by Crippen LogP contribution is 2.56. The van der Waals surface area contributed by atoms with Crippen molar-refractivity contribution >= 4 is 62.8 Å². The van der Waals surface area contributed by atoms with Gasteiger partial charge >= 0.3 is 0 Å². The fourth-order valence-corrected chi connectivity index (χ4v) is 8.13. The lowest BCUT2D eigenvalue weighted by Crippen LogP contribution is -2.64. The predicted octanol–water partition coefficient (Wildman–Crippen LogP) is 3.14. The van der Waals surface area contributed by atoms with Crippen LogP contribution < -0.4 is 10.6 Å². The largest absolute Gasteiger partial charge is 0.508 e. The number of thiophene rings is 1. The fourth-order valence-electron chi connectivity index (χ4n) is 6.49. The number of ketones is 2. The van der Waals surface area contributed by atoms with Crippen molar-refractivity contribution in [3.8, 4) is 16.2 Å². The van der Waals surface area contributed by atoms with E-state index >= 15 is 0 Å². The summed E-state index contributed by atoms with van der Waals surface area (Å²) in [5.74, 6) is -6.77. The molecule has 1 heterocycles. The number of benzene rings is 1. The van der Waals surface area contributed by atoms with Gasteiger partial charge in [-0.05, 0) is 84.4 Å². The van der Waals surface area contributed by atoms with Gasteiger partial charge in [0.1, 0.15) is 22.8 Å². The van der Waals surface area contributed by atoms with Crippen LogP contribution in [0.1, 0.15) is 17.5 Å². The van der Waals surface area contributed by atoms with Gasteiger partial charge in [0.05, 0.1) is 14.5 Å². The summed E-state index contributed by atoms with van der Waals surface area (Å²) in [6.07, 6.45) is 0.218. The van der Waals surface area contributed by atoms with Crippen LogP contribution in [0.3, 0.4) is 0 Å². The van der Waals surface area contributed by atoms with Crippen molar-refractivity contribution in [3.63, 3.8) is 0 Å². The van der Waals surface area contributed by atoms with Gasteiger partial charge < -0.3 is 26.0 Å². The molecule has 3 aliphatic carbocycles. The van der Waals surface area contributed by atoms with Gasteiger partial charge in [0, 0.05) is 41.7 Å². The summed E-state index contributed by atoms with van der Waals surface area (Å²) in [6.45, 7) is 0. The molecule has 1 amide bonds. The molecule has 0 bridgehead atoms. The second-order valence-corrected chi connectivity index (χ2v) is 13.7. The second-order valence-electron chi connectivity index (χ2n) is 10.7. The summed E-state index contributed by atoms with van der Waals surface area (Å²) in [5.41, 5.74) is 3.64. The van der Waals surface area contributed by atoms with Gasteiger partial charge in [0.2, 0.25) is 11.3 Å². The van der Waals surface area contributed by atoms with Crippen LogP contribution in [-0.4, -0.2) is 77.5 Å². The molecule has 0 saturated heterocycles. The Morgan fingerprint density at radius 3 is 2.38 bits per heavy atom. The quantitative estimate of drug-likeness (QED) is 0.211. The Hall–Kier alpha value is -3.30. The number of aromatic hydroxyl groups is 1. The number of aliphatic hydroxyl groups excluding tert-OH is 2. The number of phenols is 1. The van der Waals surface area contributed by atoms with Crippen molar-refractivity contribution < 1.29 is 29.7 Å². The Kier molecular flexibility index (Phi) is 6.82. The van der Waals surface area contributed by atoms with Crippen LogP contribution in [-0.2, 0) is 20.8 Å². The number of likely N-dealkylation sites (N-methyl/N-ethyl adjacent to an activating group) is 1. The molecule has 0 radical (unpaired) electrons. The number of amides is 1. The third kappa shape index (κ3) is 3.74. The number of Topliss-reactive ketones (excluding diaryl/α,β-unsaturated/α-hetero) is 2. The number of aliphatic hydroxyl groups is 2. The summed E-state index contributed by atoms with van der Waals surface area (Å²) in [5, 5.41) is 37.3. The molecule has 0 aliphatic heterocycles. The molecule has 1 saturated carbocycles. The van der Waals surface area contributed by atoms with E-state index in [1.54, 1.807) is 14.1 Å². The lowest BCUT2D eigenvalue weighted by atomic mass is 9.56. The maximum atomic E-state index is 14.2. The summed E-state index contributed by atoms with van der Waals surface area (Å²) in [6, 6.07) is 4.41. The molecular weight excluding hydrogens is 651 g/mol. The summed E-state index contributed by atoms with van der Waals surface area (Å²) < 4.78 is 0.987. The predicted molar refractivity (Wildman–Crippen MR) is 158 cm³/mol. The van der Waals surface area contributed by atoms with E-state index in [0.29, 0.717) is 11.1 Å². The number of primary amides is 1. The van der Waals surface area contributed by atoms with Gasteiger partial charge in [-0.25, -0.2) is 0 Å². The molecule has 4 atom stereocenters. The van der Waals surface area contributed by atoms with E-state index < -0.39 is 58.0 Å². The number of rotatable bonds is 5. The van der Waals surface area contributed by atoms with Crippen LogP contribution in [0.15, 0.2) is 40.3 Å². The van der Waals surface area contributed by atoms with Gasteiger partial charge in [-0.15, -0.1) is 16.2 Å². The second kappa shape index (κ2) is 9.66. The zero-order chi connectivity index (χ0) is 29.4. The maximum Gasteiger partial charge on any atom is 0.255 e. The zero-order valence-electron chi connectivity index (χ0n) is 22.1. The minimum absolute atomic E-state index is 0.0134.